The van der Waals surface area contributed by atoms with Crippen molar-refractivity contribution in [3.63, 3.8) is 0 Å². The number of alkyl halides is 3. The summed E-state index contributed by atoms with van der Waals surface area (Å²) in [5.41, 5.74) is -0.00849. The first kappa shape index (κ1) is 19.9. The standard InChI is InChI=1S/C19H13F5N2OS/c1-10(27)25-17(12-5-6-14(20)15(21)8-12)18-26-16(9-28-18)11-3-2-4-13(7-11)19(22,23)24/h2-9,17H,1H3,(H,25,27). The molecule has 1 unspecified atom stereocenters. The Balaban J connectivity index is 1.99. The number of hydrogen-bond acceptors (Lipinski definition) is 3. The highest BCUT2D eigenvalue weighted by atomic mass is 32.1. The highest BCUT2D eigenvalue weighted by Gasteiger charge is 2.30. The molecule has 0 spiro atoms. The van der Waals surface area contributed by atoms with E-state index in [1.54, 1.807) is 5.38 Å². The van der Waals surface area contributed by atoms with Crippen LogP contribution in [0.2, 0.25) is 0 Å². The highest BCUT2D eigenvalue weighted by molar-refractivity contribution is 7.10. The van der Waals surface area contributed by atoms with Gasteiger partial charge < -0.3 is 5.32 Å². The van der Waals surface area contributed by atoms with Gasteiger partial charge in [-0.1, -0.05) is 18.2 Å². The average Bonchev–Trinajstić information content (AvgIpc) is 3.11. The van der Waals surface area contributed by atoms with Crippen LogP contribution in [0.25, 0.3) is 11.3 Å². The van der Waals surface area contributed by atoms with Gasteiger partial charge in [-0.3, -0.25) is 4.79 Å². The van der Waals surface area contributed by atoms with Crippen LogP contribution >= 0.6 is 11.3 Å². The number of halogens is 5. The number of carbonyl (C=O) groups is 1. The molecule has 0 fully saturated rings. The second-order valence-electron chi connectivity index (χ2n) is 5.96. The van der Waals surface area contributed by atoms with Gasteiger partial charge in [-0.25, -0.2) is 13.8 Å². The van der Waals surface area contributed by atoms with Crippen molar-refractivity contribution in [1.29, 1.82) is 0 Å². The molecule has 1 heterocycles. The maximum absolute atomic E-state index is 13.6. The molecule has 3 aromatic rings. The minimum atomic E-state index is -4.49. The van der Waals surface area contributed by atoms with Crippen LogP contribution in [0.3, 0.4) is 0 Å². The lowest BCUT2D eigenvalue weighted by atomic mass is 10.1. The number of benzene rings is 2. The predicted molar refractivity (Wildman–Crippen MR) is 94.6 cm³/mol. The van der Waals surface area contributed by atoms with Crippen LogP contribution < -0.4 is 5.32 Å². The highest BCUT2D eigenvalue weighted by Crippen LogP contribution is 2.34. The Hall–Kier alpha value is -2.81. The molecule has 0 saturated heterocycles. The first-order chi connectivity index (χ1) is 13.1. The SMILES string of the molecule is CC(=O)NC(c1ccc(F)c(F)c1)c1nc(-c2cccc(C(F)(F)F)c2)cs1. The average molecular weight is 412 g/mol. The lowest BCUT2D eigenvalue weighted by Crippen LogP contribution is -2.27. The molecule has 146 valence electrons. The summed E-state index contributed by atoms with van der Waals surface area (Å²) in [6.45, 7) is 1.26. The minimum absolute atomic E-state index is 0.254. The lowest BCUT2D eigenvalue weighted by molar-refractivity contribution is -0.137. The van der Waals surface area contributed by atoms with Gasteiger partial charge in [0.15, 0.2) is 11.6 Å². The Kier molecular flexibility index (Phi) is 5.46. The number of nitrogens with zero attached hydrogens (tertiary/aromatic N) is 1. The van der Waals surface area contributed by atoms with Crippen LogP contribution in [0.5, 0.6) is 0 Å². The fraction of sp³-hybridized carbons (Fsp3) is 0.158. The number of thiazole rings is 1. The van der Waals surface area contributed by atoms with E-state index in [9.17, 15) is 26.7 Å². The maximum Gasteiger partial charge on any atom is 0.416 e. The van der Waals surface area contributed by atoms with Gasteiger partial charge in [-0.2, -0.15) is 13.2 Å². The molecule has 2 aromatic carbocycles. The van der Waals surface area contributed by atoms with Gasteiger partial charge in [-0.15, -0.1) is 11.3 Å². The van der Waals surface area contributed by atoms with Crippen LogP contribution in [0.4, 0.5) is 22.0 Å². The molecule has 3 nitrogen and oxygen atoms in total. The van der Waals surface area contributed by atoms with Crippen molar-refractivity contribution in [2.45, 2.75) is 19.1 Å². The van der Waals surface area contributed by atoms with Gasteiger partial charge in [0, 0.05) is 17.9 Å². The van der Waals surface area contributed by atoms with E-state index in [0.29, 0.717) is 5.01 Å². The Labute approximate surface area is 160 Å². The molecule has 0 saturated carbocycles. The quantitative estimate of drug-likeness (QED) is 0.589. The van der Waals surface area contributed by atoms with Crippen molar-refractivity contribution in [3.05, 3.63) is 75.6 Å². The first-order valence-corrected chi connectivity index (χ1v) is 8.88. The normalized spacial score (nSPS) is 12.6. The van der Waals surface area contributed by atoms with Gasteiger partial charge in [0.25, 0.3) is 0 Å². The summed E-state index contributed by atoms with van der Waals surface area (Å²) in [4.78, 5) is 15.9. The summed E-state index contributed by atoms with van der Waals surface area (Å²) < 4.78 is 65.6. The molecule has 1 aromatic heterocycles. The molecular formula is C19H13F5N2OS. The first-order valence-electron chi connectivity index (χ1n) is 8.00. The zero-order valence-corrected chi connectivity index (χ0v) is 15.2. The molecule has 3 rings (SSSR count). The summed E-state index contributed by atoms with van der Waals surface area (Å²) in [5, 5.41) is 4.47. The topological polar surface area (TPSA) is 42.0 Å². The zero-order valence-electron chi connectivity index (χ0n) is 14.3. The van der Waals surface area contributed by atoms with Crippen LogP contribution in [-0.2, 0) is 11.0 Å². The molecule has 0 aliphatic heterocycles. The smallest absolute Gasteiger partial charge is 0.343 e. The van der Waals surface area contributed by atoms with E-state index in [-0.39, 0.29) is 16.8 Å². The molecule has 1 N–H and O–H groups in total. The number of hydrogen-bond donors (Lipinski definition) is 1. The number of aromatic nitrogens is 1. The predicted octanol–water partition coefficient (Wildman–Crippen LogP) is 5.33. The van der Waals surface area contributed by atoms with Crippen molar-refractivity contribution in [1.82, 2.24) is 10.3 Å². The third kappa shape index (κ3) is 4.36. The summed E-state index contributed by atoms with van der Waals surface area (Å²) in [6.07, 6.45) is -4.49. The van der Waals surface area contributed by atoms with Crippen molar-refractivity contribution in [2.75, 3.05) is 0 Å². The van der Waals surface area contributed by atoms with Crippen molar-refractivity contribution in [3.8, 4) is 11.3 Å². The minimum Gasteiger partial charge on any atom is -0.343 e. The molecule has 0 radical (unpaired) electrons. The summed E-state index contributed by atoms with van der Waals surface area (Å²) in [5.74, 6) is -2.54. The Bertz CT molecular complexity index is 1020. The van der Waals surface area contributed by atoms with Gasteiger partial charge in [0.1, 0.15) is 11.0 Å². The van der Waals surface area contributed by atoms with Crippen LogP contribution in [0.15, 0.2) is 47.8 Å². The number of amides is 1. The van der Waals surface area contributed by atoms with Crippen LogP contribution in [0.1, 0.15) is 29.1 Å². The van der Waals surface area contributed by atoms with E-state index in [1.165, 1.54) is 25.1 Å². The molecular weight excluding hydrogens is 399 g/mol. The molecule has 1 amide bonds. The van der Waals surface area contributed by atoms with E-state index in [4.69, 9.17) is 0 Å². The fourth-order valence-electron chi connectivity index (χ4n) is 2.59. The van der Waals surface area contributed by atoms with Crippen molar-refractivity contribution >= 4 is 17.2 Å². The fourth-order valence-corrected chi connectivity index (χ4v) is 3.49. The van der Waals surface area contributed by atoms with Gasteiger partial charge >= 0.3 is 6.18 Å². The molecule has 9 heteroatoms. The molecule has 28 heavy (non-hydrogen) atoms. The monoisotopic (exact) mass is 412 g/mol. The summed E-state index contributed by atoms with van der Waals surface area (Å²) >= 11 is 1.09. The van der Waals surface area contributed by atoms with Gasteiger partial charge in [0.2, 0.25) is 5.91 Å². The third-order valence-corrected chi connectivity index (χ3v) is 4.79. The second kappa shape index (κ2) is 7.67. The molecule has 0 aliphatic carbocycles. The van der Waals surface area contributed by atoms with E-state index >= 15 is 0 Å². The van der Waals surface area contributed by atoms with Crippen LogP contribution in [0, 0.1) is 11.6 Å². The van der Waals surface area contributed by atoms with E-state index < -0.39 is 35.3 Å². The Morgan fingerprint density at radius 1 is 1.11 bits per heavy atom. The van der Waals surface area contributed by atoms with Gasteiger partial charge in [0.05, 0.1) is 11.3 Å². The number of nitrogens with one attached hydrogen (secondary N) is 1. The van der Waals surface area contributed by atoms with Crippen LogP contribution in [-0.4, -0.2) is 10.9 Å². The number of carbonyl (C=O) groups excluding carboxylic acids is 1. The largest absolute Gasteiger partial charge is 0.416 e. The third-order valence-electron chi connectivity index (χ3n) is 3.88. The second-order valence-corrected chi connectivity index (χ2v) is 6.85. The molecule has 0 aliphatic rings. The van der Waals surface area contributed by atoms with E-state index in [1.807, 2.05) is 0 Å². The summed E-state index contributed by atoms with van der Waals surface area (Å²) in [6, 6.07) is 7.02. The zero-order chi connectivity index (χ0) is 20.5. The maximum atomic E-state index is 13.6. The Morgan fingerprint density at radius 3 is 2.50 bits per heavy atom. The Morgan fingerprint density at radius 2 is 1.86 bits per heavy atom. The summed E-state index contributed by atoms with van der Waals surface area (Å²) in [7, 11) is 0. The van der Waals surface area contributed by atoms with E-state index in [2.05, 4.69) is 10.3 Å². The van der Waals surface area contributed by atoms with Crippen molar-refractivity contribution in [2.24, 2.45) is 0 Å². The molecule has 1 atom stereocenters. The van der Waals surface area contributed by atoms with Gasteiger partial charge in [-0.05, 0) is 29.8 Å². The van der Waals surface area contributed by atoms with Crippen molar-refractivity contribution < 1.29 is 26.7 Å². The van der Waals surface area contributed by atoms with E-state index in [0.717, 1.165) is 35.6 Å². The molecule has 0 bridgehead atoms. The number of rotatable bonds is 4. The lowest BCUT2D eigenvalue weighted by Gasteiger charge is -2.16.